The molecule has 2 aliphatic heterocycles. The zero-order valence-electron chi connectivity index (χ0n) is 18.4. The number of piperidine rings is 1. The lowest BCUT2D eigenvalue weighted by Gasteiger charge is -2.41. The molecule has 3 heteroatoms. The molecular formula is C22H47N3. The highest BCUT2D eigenvalue weighted by Crippen LogP contribution is 2.39. The van der Waals surface area contributed by atoms with E-state index < -0.39 is 0 Å². The number of hydrogen-bond donors (Lipinski definition) is 1. The minimum atomic E-state index is 0.540. The lowest BCUT2D eigenvalue weighted by Crippen LogP contribution is -2.40. The van der Waals surface area contributed by atoms with Gasteiger partial charge in [0.15, 0.2) is 0 Å². The average Bonchev–Trinajstić information content (AvgIpc) is 2.53. The van der Waals surface area contributed by atoms with Crippen LogP contribution in [0.3, 0.4) is 0 Å². The van der Waals surface area contributed by atoms with Gasteiger partial charge < -0.3 is 15.1 Å². The Morgan fingerprint density at radius 2 is 1.48 bits per heavy atom. The second kappa shape index (κ2) is 11.6. The van der Waals surface area contributed by atoms with E-state index in [2.05, 4.69) is 63.7 Å². The second-order valence-corrected chi connectivity index (χ2v) is 9.94. The van der Waals surface area contributed by atoms with E-state index >= 15 is 0 Å². The predicted octanol–water partition coefficient (Wildman–Crippen LogP) is 4.34. The summed E-state index contributed by atoms with van der Waals surface area (Å²) in [6.45, 7) is 23.1. The van der Waals surface area contributed by atoms with Crippen molar-refractivity contribution in [2.75, 3.05) is 52.9 Å². The van der Waals surface area contributed by atoms with Crippen LogP contribution < -0.4 is 5.32 Å². The van der Waals surface area contributed by atoms with Crippen molar-refractivity contribution in [1.29, 1.82) is 0 Å². The third-order valence-corrected chi connectivity index (χ3v) is 5.99. The minimum absolute atomic E-state index is 0.540. The minimum Gasteiger partial charge on any atom is -0.314 e. The van der Waals surface area contributed by atoms with Gasteiger partial charge in [-0.1, -0.05) is 41.5 Å². The number of piperazine rings is 1. The monoisotopic (exact) mass is 353 g/mol. The molecule has 25 heavy (non-hydrogen) atoms. The van der Waals surface area contributed by atoms with Crippen LogP contribution in [0.2, 0.25) is 0 Å². The van der Waals surface area contributed by atoms with Crippen molar-refractivity contribution in [2.45, 2.75) is 67.2 Å². The van der Waals surface area contributed by atoms with E-state index in [0.717, 1.165) is 30.8 Å². The molecule has 0 aromatic rings. The molecule has 0 aromatic heterocycles. The number of likely N-dealkylation sites (N-methyl/N-ethyl adjacent to an activating group) is 1. The van der Waals surface area contributed by atoms with Gasteiger partial charge in [0.05, 0.1) is 0 Å². The maximum Gasteiger partial charge on any atom is 0.0104 e. The van der Waals surface area contributed by atoms with Crippen LogP contribution in [-0.4, -0.2) is 62.7 Å². The van der Waals surface area contributed by atoms with Crippen molar-refractivity contribution in [3.63, 3.8) is 0 Å². The van der Waals surface area contributed by atoms with Gasteiger partial charge in [-0.2, -0.15) is 0 Å². The van der Waals surface area contributed by atoms with Crippen LogP contribution in [0.5, 0.6) is 0 Å². The first-order valence-corrected chi connectivity index (χ1v) is 10.8. The van der Waals surface area contributed by atoms with Gasteiger partial charge in [0, 0.05) is 26.2 Å². The van der Waals surface area contributed by atoms with Crippen molar-refractivity contribution in [3.8, 4) is 0 Å². The summed E-state index contributed by atoms with van der Waals surface area (Å²) in [6.07, 6.45) is 5.57. The molecule has 2 heterocycles. The van der Waals surface area contributed by atoms with Crippen molar-refractivity contribution >= 4 is 0 Å². The van der Waals surface area contributed by atoms with Crippen molar-refractivity contribution in [1.82, 2.24) is 15.1 Å². The van der Waals surface area contributed by atoms with Crippen LogP contribution in [0.4, 0.5) is 0 Å². The largest absolute Gasteiger partial charge is 0.314 e. The average molecular weight is 354 g/mol. The Kier molecular flexibility index (Phi) is 10.6. The van der Waals surface area contributed by atoms with E-state index in [1.54, 1.807) is 0 Å². The summed E-state index contributed by atoms with van der Waals surface area (Å²) in [5.74, 6) is 2.62. The summed E-state index contributed by atoms with van der Waals surface area (Å²) in [6, 6.07) is 0. The quantitative estimate of drug-likeness (QED) is 0.766. The molecule has 2 fully saturated rings. The third-order valence-electron chi connectivity index (χ3n) is 5.99. The third kappa shape index (κ3) is 9.96. The maximum absolute atomic E-state index is 3.27. The molecule has 2 rings (SSSR count). The Balaban J connectivity index is 0.000000370. The van der Waals surface area contributed by atoms with E-state index in [9.17, 15) is 0 Å². The molecule has 0 radical (unpaired) electrons. The van der Waals surface area contributed by atoms with Crippen molar-refractivity contribution in [2.24, 2.45) is 23.2 Å². The van der Waals surface area contributed by atoms with Crippen LogP contribution in [0, 0.1) is 23.2 Å². The summed E-state index contributed by atoms with van der Waals surface area (Å²) in [7, 11) is 2.15. The Hall–Kier alpha value is -0.120. The fraction of sp³-hybridized carbons (Fsp3) is 1.00. The lowest BCUT2D eigenvalue weighted by molar-refractivity contribution is 0.0820. The van der Waals surface area contributed by atoms with E-state index in [-0.39, 0.29) is 0 Å². The molecule has 2 saturated heterocycles. The van der Waals surface area contributed by atoms with Gasteiger partial charge in [-0.05, 0) is 75.5 Å². The van der Waals surface area contributed by atoms with E-state index in [0.29, 0.717) is 5.41 Å². The SMILES string of the molecule is CC(C)CCN1CCC(C(C)(C)CC(C)C)CC1.CN1CCNCC1. The molecule has 0 spiro atoms. The molecule has 0 saturated carbocycles. The maximum atomic E-state index is 3.27. The summed E-state index contributed by atoms with van der Waals surface area (Å²) in [5.41, 5.74) is 0.540. The first-order valence-electron chi connectivity index (χ1n) is 10.8. The summed E-state index contributed by atoms with van der Waals surface area (Å²) in [5, 5.41) is 3.27. The van der Waals surface area contributed by atoms with Crippen LogP contribution in [0.15, 0.2) is 0 Å². The Bertz CT molecular complexity index is 324. The van der Waals surface area contributed by atoms with Gasteiger partial charge in [0.1, 0.15) is 0 Å². The molecule has 1 N–H and O–H groups in total. The van der Waals surface area contributed by atoms with Crippen molar-refractivity contribution < 1.29 is 0 Å². The van der Waals surface area contributed by atoms with Crippen LogP contribution >= 0.6 is 0 Å². The fourth-order valence-corrected chi connectivity index (χ4v) is 4.37. The van der Waals surface area contributed by atoms with Gasteiger partial charge in [0.25, 0.3) is 0 Å². The highest BCUT2D eigenvalue weighted by Gasteiger charge is 2.32. The molecule has 0 atom stereocenters. The van der Waals surface area contributed by atoms with Crippen molar-refractivity contribution in [3.05, 3.63) is 0 Å². The smallest absolute Gasteiger partial charge is 0.0104 e. The second-order valence-electron chi connectivity index (χ2n) is 9.94. The molecule has 0 aliphatic carbocycles. The number of nitrogens with zero attached hydrogens (tertiary/aromatic N) is 2. The number of likely N-dealkylation sites (tertiary alicyclic amines) is 1. The molecule has 3 nitrogen and oxygen atoms in total. The van der Waals surface area contributed by atoms with Gasteiger partial charge in [-0.15, -0.1) is 0 Å². The van der Waals surface area contributed by atoms with Crippen LogP contribution in [0.25, 0.3) is 0 Å². The first kappa shape index (κ1) is 22.9. The standard InChI is InChI=1S/C17H35N.C5H12N2/c1-14(2)7-10-18-11-8-16(9-12-18)17(5,6)13-15(3)4;1-7-4-2-6-3-5-7/h14-16H,7-13H2,1-6H3;6H,2-5H2,1H3. The fourth-order valence-electron chi connectivity index (χ4n) is 4.37. The highest BCUT2D eigenvalue weighted by atomic mass is 15.2. The summed E-state index contributed by atoms with van der Waals surface area (Å²) >= 11 is 0. The Labute approximate surface area is 158 Å². The van der Waals surface area contributed by atoms with Gasteiger partial charge >= 0.3 is 0 Å². The normalized spacial score (nSPS) is 21.5. The Morgan fingerprint density at radius 3 is 1.88 bits per heavy atom. The molecule has 0 amide bonds. The lowest BCUT2D eigenvalue weighted by atomic mass is 9.69. The number of rotatable bonds is 6. The molecule has 0 aromatic carbocycles. The zero-order valence-corrected chi connectivity index (χ0v) is 18.4. The zero-order chi connectivity index (χ0) is 18.9. The molecular weight excluding hydrogens is 306 g/mol. The van der Waals surface area contributed by atoms with Gasteiger partial charge in [0.2, 0.25) is 0 Å². The van der Waals surface area contributed by atoms with E-state index in [1.165, 1.54) is 58.4 Å². The number of hydrogen-bond acceptors (Lipinski definition) is 3. The van der Waals surface area contributed by atoms with Gasteiger partial charge in [-0.3, -0.25) is 0 Å². The number of nitrogens with one attached hydrogen (secondary N) is 1. The summed E-state index contributed by atoms with van der Waals surface area (Å²) in [4.78, 5) is 5.01. The first-order chi connectivity index (χ1) is 11.7. The predicted molar refractivity (Wildman–Crippen MR) is 112 cm³/mol. The molecule has 0 unspecified atom stereocenters. The summed E-state index contributed by atoms with van der Waals surface area (Å²) < 4.78 is 0. The van der Waals surface area contributed by atoms with Crippen LogP contribution in [-0.2, 0) is 0 Å². The highest BCUT2D eigenvalue weighted by molar-refractivity contribution is 4.84. The van der Waals surface area contributed by atoms with Gasteiger partial charge in [-0.25, -0.2) is 0 Å². The molecule has 150 valence electrons. The van der Waals surface area contributed by atoms with Crippen LogP contribution in [0.1, 0.15) is 67.2 Å². The molecule has 0 bridgehead atoms. The van der Waals surface area contributed by atoms with E-state index in [4.69, 9.17) is 0 Å². The van der Waals surface area contributed by atoms with E-state index in [1.807, 2.05) is 0 Å². The Morgan fingerprint density at radius 1 is 0.920 bits per heavy atom. The topological polar surface area (TPSA) is 18.5 Å². The molecule has 2 aliphatic rings.